The van der Waals surface area contributed by atoms with Crippen molar-refractivity contribution in [2.45, 2.75) is 6.54 Å². The molecule has 0 fully saturated rings. The zero-order valence-electron chi connectivity index (χ0n) is 15.1. The van der Waals surface area contributed by atoms with Crippen LogP contribution in [0.25, 0.3) is 10.2 Å². The van der Waals surface area contributed by atoms with Gasteiger partial charge in [0.25, 0.3) is 5.91 Å². The molecule has 0 spiro atoms. The van der Waals surface area contributed by atoms with Crippen molar-refractivity contribution < 1.29 is 9.53 Å². The summed E-state index contributed by atoms with van der Waals surface area (Å²) >= 11 is 13.6. The lowest BCUT2D eigenvalue weighted by atomic mass is 10.3. The Balaban J connectivity index is 1.60. The van der Waals surface area contributed by atoms with E-state index in [4.69, 9.17) is 27.9 Å². The second-order valence-corrected chi connectivity index (χ2v) is 7.98. The Morgan fingerprint density at radius 1 is 1.03 bits per heavy atom. The van der Waals surface area contributed by atoms with E-state index in [1.165, 1.54) is 11.3 Å². The summed E-state index contributed by atoms with van der Waals surface area (Å²) in [7, 11) is 0. The van der Waals surface area contributed by atoms with E-state index in [-0.39, 0.29) is 19.1 Å². The molecule has 5 nitrogen and oxygen atoms in total. The SMILES string of the molecule is O=C(COc1ccc(Cl)cc1)N(Cc1ccccn1)c1nc2c(Cl)cccc2s1. The number of rotatable bonds is 6. The summed E-state index contributed by atoms with van der Waals surface area (Å²) in [6, 6.07) is 18.0. The summed E-state index contributed by atoms with van der Waals surface area (Å²) in [6.45, 7) is 0.138. The number of para-hydroxylation sites is 1. The molecule has 29 heavy (non-hydrogen) atoms. The number of anilines is 1. The van der Waals surface area contributed by atoms with E-state index >= 15 is 0 Å². The van der Waals surface area contributed by atoms with Crippen molar-refractivity contribution in [2.24, 2.45) is 0 Å². The number of nitrogens with zero attached hydrogens (tertiary/aromatic N) is 3. The van der Waals surface area contributed by atoms with Gasteiger partial charge in [0, 0.05) is 11.2 Å². The van der Waals surface area contributed by atoms with E-state index in [2.05, 4.69) is 9.97 Å². The Kier molecular flexibility index (Phi) is 5.94. The van der Waals surface area contributed by atoms with Gasteiger partial charge in [-0.1, -0.05) is 46.7 Å². The molecule has 0 saturated heterocycles. The number of thiazole rings is 1. The molecule has 0 aliphatic heterocycles. The highest BCUT2D eigenvalue weighted by Gasteiger charge is 2.22. The topological polar surface area (TPSA) is 55.3 Å². The largest absolute Gasteiger partial charge is 0.484 e. The lowest BCUT2D eigenvalue weighted by molar-refractivity contribution is -0.120. The number of carbonyl (C=O) groups is 1. The first-order valence-electron chi connectivity index (χ1n) is 8.74. The van der Waals surface area contributed by atoms with Crippen molar-refractivity contribution in [3.05, 3.63) is 82.6 Å². The number of pyridine rings is 1. The Hall–Kier alpha value is -2.67. The fraction of sp³-hybridized carbons (Fsp3) is 0.0952. The van der Waals surface area contributed by atoms with Crippen LogP contribution < -0.4 is 9.64 Å². The third-order valence-electron chi connectivity index (χ3n) is 4.11. The van der Waals surface area contributed by atoms with E-state index in [0.29, 0.717) is 26.4 Å². The van der Waals surface area contributed by atoms with Crippen molar-refractivity contribution in [2.75, 3.05) is 11.5 Å². The molecular weight excluding hydrogens is 429 g/mol. The Bertz CT molecular complexity index is 1130. The molecule has 0 aliphatic rings. The van der Waals surface area contributed by atoms with Crippen molar-refractivity contribution in [1.29, 1.82) is 0 Å². The van der Waals surface area contributed by atoms with Crippen LogP contribution in [0.1, 0.15) is 5.69 Å². The lowest BCUT2D eigenvalue weighted by Crippen LogP contribution is -2.34. The molecule has 2 heterocycles. The number of benzene rings is 2. The average molecular weight is 444 g/mol. The third kappa shape index (κ3) is 4.67. The Morgan fingerprint density at radius 3 is 2.59 bits per heavy atom. The monoisotopic (exact) mass is 443 g/mol. The van der Waals surface area contributed by atoms with Crippen LogP contribution in [-0.2, 0) is 11.3 Å². The number of hydrogen-bond donors (Lipinski definition) is 0. The number of aromatic nitrogens is 2. The van der Waals surface area contributed by atoms with Crippen LogP contribution in [0.3, 0.4) is 0 Å². The lowest BCUT2D eigenvalue weighted by Gasteiger charge is -2.19. The summed E-state index contributed by atoms with van der Waals surface area (Å²) in [5.74, 6) is 0.327. The number of hydrogen-bond acceptors (Lipinski definition) is 5. The molecule has 0 radical (unpaired) electrons. The zero-order valence-corrected chi connectivity index (χ0v) is 17.4. The summed E-state index contributed by atoms with van der Waals surface area (Å²) in [4.78, 5) is 23.5. The molecule has 4 rings (SSSR count). The van der Waals surface area contributed by atoms with Gasteiger partial charge in [-0.3, -0.25) is 14.7 Å². The maximum atomic E-state index is 13.0. The van der Waals surface area contributed by atoms with Gasteiger partial charge in [-0.25, -0.2) is 4.98 Å². The standard InChI is InChI=1S/C21H15Cl2N3O2S/c22-14-7-9-16(10-8-14)28-13-19(27)26(12-15-4-1-2-11-24-15)21-25-20-17(23)5-3-6-18(20)29-21/h1-11H,12-13H2. The minimum Gasteiger partial charge on any atom is -0.484 e. The van der Waals surface area contributed by atoms with Crippen LogP contribution in [-0.4, -0.2) is 22.5 Å². The highest BCUT2D eigenvalue weighted by molar-refractivity contribution is 7.22. The van der Waals surface area contributed by atoms with Crippen molar-refractivity contribution in [3.8, 4) is 5.75 Å². The minimum absolute atomic E-state index is 0.141. The van der Waals surface area contributed by atoms with Crippen molar-refractivity contribution in [1.82, 2.24) is 9.97 Å². The highest BCUT2D eigenvalue weighted by atomic mass is 35.5. The van der Waals surface area contributed by atoms with Crippen LogP contribution in [0, 0.1) is 0 Å². The molecule has 146 valence electrons. The molecule has 0 bridgehead atoms. The second-order valence-electron chi connectivity index (χ2n) is 6.13. The quantitative estimate of drug-likeness (QED) is 0.388. The zero-order chi connectivity index (χ0) is 20.2. The van der Waals surface area contributed by atoms with Gasteiger partial charge in [0.1, 0.15) is 11.3 Å². The van der Waals surface area contributed by atoms with Gasteiger partial charge in [0.05, 0.1) is 22.0 Å². The van der Waals surface area contributed by atoms with Gasteiger partial charge in [0.15, 0.2) is 11.7 Å². The number of carbonyl (C=O) groups excluding carboxylic acids is 1. The van der Waals surface area contributed by atoms with Gasteiger partial charge in [-0.2, -0.15) is 0 Å². The van der Waals surface area contributed by atoms with Crippen LogP contribution >= 0.6 is 34.5 Å². The molecule has 2 aromatic carbocycles. The van der Waals surface area contributed by atoms with Gasteiger partial charge >= 0.3 is 0 Å². The van der Waals surface area contributed by atoms with E-state index in [9.17, 15) is 4.79 Å². The summed E-state index contributed by atoms with van der Waals surface area (Å²) in [5, 5.41) is 1.70. The normalized spacial score (nSPS) is 10.8. The van der Waals surface area contributed by atoms with Gasteiger partial charge in [-0.05, 0) is 48.5 Å². The van der Waals surface area contributed by atoms with Crippen molar-refractivity contribution >= 4 is 55.8 Å². The number of amides is 1. The summed E-state index contributed by atoms with van der Waals surface area (Å²) in [5.41, 5.74) is 1.42. The maximum absolute atomic E-state index is 13.0. The van der Waals surface area contributed by atoms with Crippen LogP contribution in [0.2, 0.25) is 10.0 Å². The molecule has 2 aromatic heterocycles. The molecule has 0 atom stereocenters. The molecule has 0 unspecified atom stereocenters. The maximum Gasteiger partial charge on any atom is 0.267 e. The summed E-state index contributed by atoms with van der Waals surface area (Å²) < 4.78 is 6.55. The van der Waals surface area contributed by atoms with Crippen molar-refractivity contribution in [3.63, 3.8) is 0 Å². The fourth-order valence-electron chi connectivity index (χ4n) is 2.69. The smallest absolute Gasteiger partial charge is 0.267 e. The Morgan fingerprint density at radius 2 is 1.86 bits per heavy atom. The predicted molar refractivity (Wildman–Crippen MR) is 117 cm³/mol. The number of halogens is 2. The molecule has 8 heteroatoms. The van der Waals surface area contributed by atoms with Crippen LogP contribution in [0.15, 0.2) is 66.9 Å². The number of ether oxygens (including phenoxy) is 1. The predicted octanol–water partition coefficient (Wildman–Crippen LogP) is 5.61. The van der Waals surface area contributed by atoms with E-state index < -0.39 is 0 Å². The molecular formula is C21H15Cl2N3O2S. The highest BCUT2D eigenvalue weighted by Crippen LogP contribution is 2.33. The number of fused-ring (bicyclic) bond motifs is 1. The first kappa shape index (κ1) is 19.6. The molecule has 0 N–H and O–H groups in total. The molecule has 1 amide bonds. The molecule has 4 aromatic rings. The Labute approximate surface area is 181 Å². The fourth-order valence-corrected chi connectivity index (χ4v) is 4.10. The summed E-state index contributed by atoms with van der Waals surface area (Å²) in [6.07, 6.45) is 1.69. The van der Waals surface area contributed by atoms with Gasteiger partial charge < -0.3 is 4.74 Å². The molecule has 0 aliphatic carbocycles. The second kappa shape index (κ2) is 8.78. The van der Waals surface area contributed by atoms with E-state index in [1.54, 1.807) is 41.4 Å². The molecule has 0 saturated carbocycles. The average Bonchev–Trinajstić information content (AvgIpc) is 3.17. The van der Waals surface area contributed by atoms with Crippen LogP contribution in [0.4, 0.5) is 5.13 Å². The van der Waals surface area contributed by atoms with Gasteiger partial charge in [-0.15, -0.1) is 0 Å². The minimum atomic E-state index is -0.235. The van der Waals surface area contributed by atoms with E-state index in [1.807, 2.05) is 30.3 Å². The third-order valence-corrected chi connectivity index (χ3v) is 5.71. The van der Waals surface area contributed by atoms with Crippen LogP contribution in [0.5, 0.6) is 5.75 Å². The first-order chi connectivity index (χ1) is 14.1. The van der Waals surface area contributed by atoms with E-state index in [0.717, 1.165) is 10.4 Å². The van der Waals surface area contributed by atoms with Gasteiger partial charge in [0.2, 0.25) is 0 Å². The first-order valence-corrected chi connectivity index (χ1v) is 10.3.